The predicted molar refractivity (Wildman–Crippen MR) is 120 cm³/mol. The van der Waals surface area contributed by atoms with Gasteiger partial charge in [0.15, 0.2) is 0 Å². The molecule has 2 nitrogen and oxygen atoms in total. The molecule has 138 valence electrons. The minimum Gasteiger partial charge on any atom is -0.363 e. The molecule has 1 unspecified atom stereocenters. The van der Waals surface area contributed by atoms with Crippen LogP contribution < -0.4 is 10.2 Å². The third kappa shape index (κ3) is 2.73. The number of hydrogen-bond donors (Lipinski definition) is 1. The van der Waals surface area contributed by atoms with E-state index < -0.39 is 0 Å². The largest absolute Gasteiger partial charge is 0.363 e. The first-order chi connectivity index (χ1) is 13.7. The van der Waals surface area contributed by atoms with Crippen LogP contribution in [0.25, 0.3) is 21.9 Å². The summed E-state index contributed by atoms with van der Waals surface area (Å²) in [6.07, 6.45) is 1.27. The molecular weight excluding hydrogens is 340 g/mol. The van der Waals surface area contributed by atoms with Crippen LogP contribution in [0, 0.1) is 0 Å². The Morgan fingerprint density at radius 2 is 1.50 bits per heavy atom. The highest BCUT2D eigenvalue weighted by Crippen LogP contribution is 2.42. The summed E-state index contributed by atoms with van der Waals surface area (Å²) in [5.74, 6) is 0. The second-order valence-corrected chi connectivity index (χ2v) is 7.46. The van der Waals surface area contributed by atoms with E-state index >= 15 is 0 Å². The second kappa shape index (κ2) is 6.72. The minimum atomic E-state index is 0.223. The van der Waals surface area contributed by atoms with Gasteiger partial charge in [-0.15, -0.1) is 0 Å². The number of aryl methyl sites for hydroxylation is 1. The first-order valence-corrected chi connectivity index (χ1v) is 10.0. The lowest BCUT2D eigenvalue weighted by Gasteiger charge is -2.24. The van der Waals surface area contributed by atoms with Crippen molar-refractivity contribution in [3.8, 4) is 11.1 Å². The lowest BCUT2D eigenvalue weighted by Crippen LogP contribution is -2.28. The van der Waals surface area contributed by atoms with Crippen LogP contribution in [0.4, 0.5) is 17.1 Å². The monoisotopic (exact) mass is 364 g/mol. The molecule has 5 rings (SSSR count). The van der Waals surface area contributed by atoms with E-state index in [1.165, 1.54) is 44.5 Å². The number of nitrogens with zero attached hydrogens (tertiary/aromatic N) is 1. The minimum absolute atomic E-state index is 0.223. The van der Waals surface area contributed by atoms with Gasteiger partial charge < -0.3 is 10.2 Å². The molecule has 1 N–H and O–H groups in total. The normalized spacial score (nSPS) is 15.5. The van der Waals surface area contributed by atoms with E-state index in [9.17, 15) is 0 Å². The van der Waals surface area contributed by atoms with Crippen LogP contribution in [0.5, 0.6) is 0 Å². The van der Waals surface area contributed by atoms with E-state index in [1.54, 1.807) is 0 Å². The Bertz CT molecular complexity index is 1140. The lowest BCUT2D eigenvalue weighted by molar-refractivity contribution is 0.843. The van der Waals surface area contributed by atoms with Gasteiger partial charge in [-0.3, -0.25) is 0 Å². The first-order valence-electron chi connectivity index (χ1n) is 10.0. The average Bonchev–Trinajstić information content (AvgIpc) is 3.06. The SMILES string of the molecule is CCc1ccccc1-c1ccc(N2c3cc4ccccc4cc3NC2C)cc1. The molecule has 4 aromatic rings. The number of benzene rings is 4. The standard InChI is InChI=1S/C26H24N2/c1-3-19-8-6-7-11-24(19)20-12-14-23(15-13-20)28-18(2)27-25-16-21-9-4-5-10-22(21)17-26(25)28/h4-18,27H,3H2,1-2H3. The molecule has 0 amide bonds. The van der Waals surface area contributed by atoms with Gasteiger partial charge in [-0.05, 0) is 65.1 Å². The number of nitrogens with one attached hydrogen (secondary N) is 1. The van der Waals surface area contributed by atoms with Gasteiger partial charge in [-0.25, -0.2) is 0 Å². The van der Waals surface area contributed by atoms with Crippen molar-refractivity contribution in [1.82, 2.24) is 0 Å². The summed E-state index contributed by atoms with van der Waals surface area (Å²) in [5.41, 5.74) is 7.66. The molecule has 0 bridgehead atoms. The van der Waals surface area contributed by atoms with Crippen LogP contribution in [-0.4, -0.2) is 6.17 Å². The molecule has 0 fully saturated rings. The molecule has 0 aromatic heterocycles. The summed E-state index contributed by atoms with van der Waals surface area (Å²) in [5, 5.41) is 6.17. The Morgan fingerprint density at radius 1 is 0.821 bits per heavy atom. The summed E-state index contributed by atoms with van der Waals surface area (Å²) >= 11 is 0. The molecule has 1 heterocycles. The molecule has 1 atom stereocenters. The van der Waals surface area contributed by atoms with Crippen LogP contribution in [0.15, 0.2) is 84.9 Å². The number of rotatable bonds is 3. The molecule has 4 aromatic carbocycles. The molecule has 0 radical (unpaired) electrons. The zero-order valence-electron chi connectivity index (χ0n) is 16.3. The van der Waals surface area contributed by atoms with Crippen molar-refractivity contribution < 1.29 is 0 Å². The number of anilines is 3. The summed E-state index contributed by atoms with van der Waals surface area (Å²) in [7, 11) is 0. The Morgan fingerprint density at radius 3 is 2.25 bits per heavy atom. The molecular formula is C26H24N2. The zero-order valence-corrected chi connectivity index (χ0v) is 16.3. The first kappa shape index (κ1) is 16.9. The van der Waals surface area contributed by atoms with Crippen LogP contribution in [0.1, 0.15) is 19.4 Å². The van der Waals surface area contributed by atoms with Crippen LogP contribution in [-0.2, 0) is 6.42 Å². The fourth-order valence-electron chi connectivity index (χ4n) is 4.32. The molecule has 0 aliphatic carbocycles. The van der Waals surface area contributed by atoms with E-state index in [2.05, 4.69) is 109 Å². The molecule has 0 saturated carbocycles. The third-order valence-corrected chi connectivity index (χ3v) is 5.73. The molecule has 0 saturated heterocycles. The smallest absolute Gasteiger partial charge is 0.101 e. The molecule has 28 heavy (non-hydrogen) atoms. The van der Waals surface area contributed by atoms with Crippen LogP contribution in [0.3, 0.4) is 0 Å². The maximum Gasteiger partial charge on any atom is 0.101 e. The van der Waals surface area contributed by atoms with E-state index in [4.69, 9.17) is 0 Å². The topological polar surface area (TPSA) is 15.3 Å². The van der Waals surface area contributed by atoms with Crippen molar-refractivity contribution in [2.24, 2.45) is 0 Å². The molecule has 1 aliphatic heterocycles. The maximum atomic E-state index is 3.63. The number of fused-ring (bicyclic) bond motifs is 2. The van der Waals surface area contributed by atoms with Crippen LogP contribution in [0.2, 0.25) is 0 Å². The van der Waals surface area contributed by atoms with E-state index in [-0.39, 0.29) is 6.17 Å². The lowest BCUT2D eigenvalue weighted by atomic mass is 9.98. The third-order valence-electron chi connectivity index (χ3n) is 5.73. The van der Waals surface area contributed by atoms with Gasteiger partial charge in [0.25, 0.3) is 0 Å². The van der Waals surface area contributed by atoms with Gasteiger partial charge >= 0.3 is 0 Å². The van der Waals surface area contributed by atoms with Crippen molar-refractivity contribution in [2.75, 3.05) is 10.2 Å². The summed E-state index contributed by atoms with van der Waals surface area (Å²) in [6, 6.07) is 30.8. The van der Waals surface area contributed by atoms with Gasteiger partial charge in [0.1, 0.15) is 6.17 Å². The maximum absolute atomic E-state index is 3.63. The van der Waals surface area contributed by atoms with Crippen molar-refractivity contribution in [2.45, 2.75) is 26.4 Å². The van der Waals surface area contributed by atoms with Gasteiger partial charge in [-0.1, -0.05) is 67.6 Å². The highest BCUT2D eigenvalue weighted by Gasteiger charge is 2.27. The number of hydrogen-bond acceptors (Lipinski definition) is 2. The Labute approximate surface area is 166 Å². The van der Waals surface area contributed by atoms with E-state index in [0.717, 1.165) is 6.42 Å². The van der Waals surface area contributed by atoms with Crippen molar-refractivity contribution in [3.63, 3.8) is 0 Å². The Balaban J connectivity index is 1.55. The summed E-state index contributed by atoms with van der Waals surface area (Å²) < 4.78 is 0. The van der Waals surface area contributed by atoms with Crippen molar-refractivity contribution >= 4 is 27.8 Å². The molecule has 1 aliphatic rings. The fourth-order valence-corrected chi connectivity index (χ4v) is 4.32. The van der Waals surface area contributed by atoms with Crippen molar-refractivity contribution in [1.29, 1.82) is 0 Å². The summed E-state index contributed by atoms with van der Waals surface area (Å²) in [6.45, 7) is 4.43. The highest BCUT2D eigenvalue weighted by molar-refractivity contribution is 5.96. The quantitative estimate of drug-likeness (QED) is 0.422. The van der Waals surface area contributed by atoms with Gasteiger partial charge in [0, 0.05) is 5.69 Å². The predicted octanol–water partition coefficient (Wildman–Crippen LogP) is 6.98. The van der Waals surface area contributed by atoms with E-state index in [1.807, 2.05) is 0 Å². The average molecular weight is 364 g/mol. The van der Waals surface area contributed by atoms with Gasteiger partial charge in [-0.2, -0.15) is 0 Å². The van der Waals surface area contributed by atoms with Crippen molar-refractivity contribution in [3.05, 3.63) is 90.5 Å². The molecule has 0 spiro atoms. The second-order valence-electron chi connectivity index (χ2n) is 7.46. The zero-order chi connectivity index (χ0) is 19.1. The Kier molecular flexibility index (Phi) is 4.05. The van der Waals surface area contributed by atoms with Gasteiger partial charge in [0.05, 0.1) is 11.4 Å². The molecule has 2 heteroatoms. The fraction of sp³-hybridized carbons (Fsp3) is 0.154. The Hall–Kier alpha value is -3.26. The van der Waals surface area contributed by atoms with Gasteiger partial charge in [0.2, 0.25) is 0 Å². The van der Waals surface area contributed by atoms with Crippen LogP contribution >= 0.6 is 0 Å². The summed E-state index contributed by atoms with van der Waals surface area (Å²) in [4.78, 5) is 2.39. The van der Waals surface area contributed by atoms with E-state index in [0.29, 0.717) is 0 Å². The highest BCUT2D eigenvalue weighted by atomic mass is 15.3.